The quantitative estimate of drug-likeness (QED) is 0.209. The maximum atomic E-state index is 12.7. The predicted octanol–water partition coefficient (Wildman–Crippen LogP) is 6.86. The molecular weight excluding hydrogens is 530 g/mol. The fourth-order valence-corrected chi connectivity index (χ4v) is 6.81. The molecule has 41 heavy (non-hydrogen) atoms. The number of carbonyl (C=O) groups is 1. The summed E-state index contributed by atoms with van der Waals surface area (Å²) in [4.78, 5) is 18.0. The van der Waals surface area contributed by atoms with Gasteiger partial charge in [0.1, 0.15) is 16.2 Å². The number of fused-ring (bicyclic) bond motifs is 1. The number of nitrogens with zero attached hydrogens (tertiary/aromatic N) is 3. The van der Waals surface area contributed by atoms with Gasteiger partial charge in [-0.3, -0.25) is 4.79 Å². The minimum atomic E-state index is -0.721. The molecule has 0 fully saturated rings. The summed E-state index contributed by atoms with van der Waals surface area (Å²) in [6.45, 7) is 4.43. The third-order valence-electron chi connectivity index (χ3n) is 7.83. The number of methoxy groups -OCH3 is 2. The van der Waals surface area contributed by atoms with Crippen LogP contribution in [0, 0.1) is 11.3 Å². The Kier molecular flexibility index (Phi) is 10.7. The van der Waals surface area contributed by atoms with Crippen LogP contribution in [0.2, 0.25) is 0 Å². The highest BCUT2D eigenvalue weighted by Gasteiger charge is 2.34. The van der Waals surface area contributed by atoms with Gasteiger partial charge in [-0.15, -0.1) is 0 Å². The van der Waals surface area contributed by atoms with Gasteiger partial charge in [-0.2, -0.15) is 5.26 Å². The van der Waals surface area contributed by atoms with Gasteiger partial charge < -0.3 is 19.3 Å². The van der Waals surface area contributed by atoms with Gasteiger partial charge in [-0.25, -0.2) is 0 Å². The van der Waals surface area contributed by atoms with Crippen molar-refractivity contribution in [2.45, 2.75) is 55.1 Å². The van der Waals surface area contributed by atoms with E-state index in [0.29, 0.717) is 12.8 Å². The fraction of sp³-hybridized carbons (Fsp3) is 0.412. The molecule has 1 aliphatic rings. The number of rotatable bonds is 13. The van der Waals surface area contributed by atoms with E-state index in [1.54, 1.807) is 26.0 Å². The standard InChI is InChI=1S/C34H41N3O3S/c1-5-32(38)37-22-10-16-30-26(17-18-31(40-4)33(30)37)19-23-36(2)21-11-20-34(25-35,41-29-14-7-6-8-15-29)27-12-9-13-28(24-27)39-3/h6-9,12-15,17-18,24H,5,10-11,16,19-23H2,1-4H3. The summed E-state index contributed by atoms with van der Waals surface area (Å²) in [5, 5.41) is 10.5. The summed E-state index contributed by atoms with van der Waals surface area (Å²) in [6.07, 6.45) is 4.90. The van der Waals surface area contributed by atoms with Crippen molar-refractivity contribution >= 4 is 23.4 Å². The first-order valence-corrected chi connectivity index (χ1v) is 15.2. The molecule has 1 heterocycles. The van der Waals surface area contributed by atoms with Crippen molar-refractivity contribution in [3.8, 4) is 17.6 Å². The maximum absolute atomic E-state index is 12.7. The number of benzene rings is 3. The lowest BCUT2D eigenvalue weighted by Crippen LogP contribution is -2.36. The number of likely N-dealkylation sites (N-methyl/N-ethyl adjacent to an activating group) is 1. The molecule has 0 saturated heterocycles. The smallest absolute Gasteiger partial charge is 0.226 e. The highest BCUT2D eigenvalue weighted by atomic mass is 32.2. The van der Waals surface area contributed by atoms with Gasteiger partial charge in [0.25, 0.3) is 0 Å². The van der Waals surface area contributed by atoms with E-state index in [0.717, 1.165) is 73.0 Å². The molecule has 1 unspecified atom stereocenters. The van der Waals surface area contributed by atoms with Crippen LogP contribution < -0.4 is 14.4 Å². The Bertz CT molecular complexity index is 1360. The SMILES string of the molecule is CCC(=O)N1CCCc2c(CCN(C)CCCC(C#N)(Sc3ccccc3)c3cccc(OC)c3)ccc(OC)c21. The van der Waals surface area contributed by atoms with E-state index in [-0.39, 0.29) is 5.91 Å². The van der Waals surface area contributed by atoms with Crippen LogP contribution in [-0.4, -0.2) is 51.7 Å². The van der Waals surface area contributed by atoms with Gasteiger partial charge in [0.15, 0.2) is 0 Å². The summed E-state index contributed by atoms with van der Waals surface area (Å²) in [6, 6.07) is 24.9. The Morgan fingerprint density at radius 1 is 1.07 bits per heavy atom. The number of carbonyl (C=O) groups excluding carboxylic acids is 1. The number of hydrogen-bond acceptors (Lipinski definition) is 6. The van der Waals surface area contributed by atoms with Crippen LogP contribution in [0.1, 0.15) is 49.3 Å². The van der Waals surface area contributed by atoms with Crippen molar-refractivity contribution in [1.29, 1.82) is 5.26 Å². The lowest BCUT2D eigenvalue weighted by molar-refractivity contribution is -0.118. The average Bonchev–Trinajstić information content (AvgIpc) is 3.02. The highest BCUT2D eigenvalue weighted by molar-refractivity contribution is 8.00. The molecule has 0 radical (unpaired) electrons. The molecule has 0 aromatic heterocycles. The van der Waals surface area contributed by atoms with Gasteiger partial charge in [0, 0.05) is 24.4 Å². The van der Waals surface area contributed by atoms with Gasteiger partial charge in [0.2, 0.25) is 5.91 Å². The van der Waals surface area contributed by atoms with Crippen molar-refractivity contribution in [2.24, 2.45) is 0 Å². The molecule has 6 nitrogen and oxygen atoms in total. The summed E-state index contributed by atoms with van der Waals surface area (Å²) in [5.41, 5.74) is 4.45. The first kappa shape index (κ1) is 30.5. The predicted molar refractivity (Wildman–Crippen MR) is 167 cm³/mol. The lowest BCUT2D eigenvalue weighted by atomic mass is 9.93. The molecule has 0 aliphatic carbocycles. The third-order valence-corrected chi connectivity index (χ3v) is 9.22. The van der Waals surface area contributed by atoms with Crippen molar-refractivity contribution in [3.63, 3.8) is 0 Å². The molecule has 4 rings (SSSR count). The molecule has 3 aromatic rings. The van der Waals surface area contributed by atoms with Gasteiger partial charge in [-0.05, 0) is 92.7 Å². The van der Waals surface area contributed by atoms with Crippen LogP contribution >= 0.6 is 11.8 Å². The number of thioether (sulfide) groups is 1. The molecule has 216 valence electrons. The Labute approximate surface area is 249 Å². The highest BCUT2D eigenvalue weighted by Crippen LogP contribution is 2.45. The molecule has 1 amide bonds. The zero-order valence-electron chi connectivity index (χ0n) is 24.7. The van der Waals surface area contributed by atoms with E-state index < -0.39 is 4.75 Å². The summed E-state index contributed by atoms with van der Waals surface area (Å²) < 4.78 is 10.4. The summed E-state index contributed by atoms with van der Waals surface area (Å²) in [5.74, 6) is 1.68. The normalized spacial score (nSPS) is 14.2. The second-order valence-corrected chi connectivity index (χ2v) is 11.9. The van der Waals surface area contributed by atoms with Crippen molar-refractivity contribution < 1.29 is 14.3 Å². The molecule has 1 atom stereocenters. The van der Waals surface area contributed by atoms with Crippen molar-refractivity contribution in [2.75, 3.05) is 45.8 Å². The summed E-state index contributed by atoms with van der Waals surface area (Å²) >= 11 is 1.61. The fourth-order valence-electron chi connectivity index (χ4n) is 5.58. The molecule has 7 heteroatoms. The van der Waals surface area contributed by atoms with E-state index in [1.165, 1.54) is 11.1 Å². The minimum absolute atomic E-state index is 0.143. The number of ether oxygens (including phenoxy) is 2. The molecule has 0 saturated carbocycles. The zero-order valence-corrected chi connectivity index (χ0v) is 25.5. The molecule has 0 bridgehead atoms. The van der Waals surface area contributed by atoms with Crippen LogP contribution in [0.25, 0.3) is 0 Å². The first-order chi connectivity index (χ1) is 19.9. The van der Waals surface area contributed by atoms with E-state index in [2.05, 4.69) is 36.2 Å². The van der Waals surface area contributed by atoms with Crippen LogP contribution in [0.3, 0.4) is 0 Å². The van der Waals surface area contributed by atoms with Crippen molar-refractivity contribution in [1.82, 2.24) is 4.90 Å². The lowest BCUT2D eigenvalue weighted by Gasteiger charge is -2.32. The van der Waals surface area contributed by atoms with E-state index >= 15 is 0 Å². The Morgan fingerprint density at radius 2 is 1.88 bits per heavy atom. The Balaban J connectivity index is 1.45. The molecule has 0 N–H and O–H groups in total. The number of hydrogen-bond donors (Lipinski definition) is 0. The van der Waals surface area contributed by atoms with Crippen molar-refractivity contribution in [3.05, 3.63) is 83.4 Å². The van der Waals surface area contributed by atoms with Gasteiger partial charge in [-0.1, -0.05) is 55.1 Å². The van der Waals surface area contributed by atoms with Crippen LogP contribution in [0.4, 0.5) is 5.69 Å². The number of nitriles is 1. The van der Waals surface area contributed by atoms with Crippen LogP contribution in [0.15, 0.2) is 71.6 Å². The molecule has 0 spiro atoms. The maximum Gasteiger partial charge on any atom is 0.226 e. The van der Waals surface area contributed by atoms with Crippen LogP contribution in [-0.2, 0) is 22.4 Å². The first-order valence-electron chi connectivity index (χ1n) is 14.4. The van der Waals surface area contributed by atoms with E-state index in [9.17, 15) is 10.1 Å². The van der Waals surface area contributed by atoms with Gasteiger partial charge >= 0.3 is 0 Å². The van der Waals surface area contributed by atoms with E-state index in [1.807, 2.05) is 60.4 Å². The third kappa shape index (κ3) is 7.25. The number of amides is 1. The molecule has 1 aliphatic heterocycles. The topological polar surface area (TPSA) is 65.8 Å². The van der Waals surface area contributed by atoms with E-state index in [4.69, 9.17) is 9.47 Å². The monoisotopic (exact) mass is 571 g/mol. The summed E-state index contributed by atoms with van der Waals surface area (Å²) in [7, 11) is 5.48. The second kappa shape index (κ2) is 14.4. The van der Waals surface area contributed by atoms with Gasteiger partial charge in [0.05, 0.1) is 26.0 Å². The zero-order chi connectivity index (χ0) is 29.2. The minimum Gasteiger partial charge on any atom is -0.497 e. The second-order valence-electron chi connectivity index (χ2n) is 10.5. The van der Waals surface area contributed by atoms with Crippen LogP contribution in [0.5, 0.6) is 11.5 Å². The number of anilines is 1. The average molecular weight is 572 g/mol. The molecule has 3 aromatic carbocycles. The Hall–Kier alpha value is -3.47. The Morgan fingerprint density at radius 3 is 2.59 bits per heavy atom. The molecular formula is C34H41N3O3S. The largest absolute Gasteiger partial charge is 0.497 e.